The van der Waals surface area contributed by atoms with Crippen LogP contribution < -0.4 is 4.90 Å². The summed E-state index contributed by atoms with van der Waals surface area (Å²) in [5.41, 5.74) is 0.549. The van der Waals surface area contributed by atoms with E-state index in [-0.39, 0.29) is 11.1 Å². The largest absolute Gasteiger partial charge is 0.367 e. The minimum atomic E-state index is -3.21. The van der Waals surface area contributed by atoms with Crippen LogP contribution >= 0.6 is 0 Å². The van der Waals surface area contributed by atoms with Gasteiger partial charge in [-0.3, -0.25) is 0 Å². The highest BCUT2D eigenvalue weighted by atomic mass is 32.2. The van der Waals surface area contributed by atoms with Crippen LogP contribution in [-0.2, 0) is 10.0 Å². The maximum atomic E-state index is 13.7. The van der Waals surface area contributed by atoms with Crippen molar-refractivity contribution in [2.75, 3.05) is 31.1 Å². The lowest BCUT2D eigenvalue weighted by Crippen LogP contribution is -2.50. The van der Waals surface area contributed by atoms with E-state index >= 15 is 0 Å². The van der Waals surface area contributed by atoms with Crippen LogP contribution in [0.2, 0.25) is 0 Å². The first-order valence-corrected chi connectivity index (χ1v) is 8.45. The number of nitrogens with zero attached hydrogens (tertiary/aromatic N) is 2. The van der Waals surface area contributed by atoms with E-state index in [0.29, 0.717) is 38.3 Å². The Hall–Kier alpha value is -1.14. The van der Waals surface area contributed by atoms with Crippen LogP contribution in [0.3, 0.4) is 0 Å². The number of sulfonamides is 1. The van der Waals surface area contributed by atoms with E-state index < -0.39 is 10.0 Å². The summed E-state index contributed by atoms with van der Waals surface area (Å²) in [4.78, 5) is 1.90. The molecule has 0 N–H and O–H groups in total. The molecule has 1 aromatic rings. The van der Waals surface area contributed by atoms with Crippen LogP contribution in [0.15, 0.2) is 24.3 Å². The molecule has 0 bridgehead atoms. The van der Waals surface area contributed by atoms with E-state index in [1.54, 1.807) is 25.1 Å². The van der Waals surface area contributed by atoms with Gasteiger partial charge in [0.15, 0.2) is 0 Å². The summed E-state index contributed by atoms with van der Waals surface area (Å²) in [7, 11) is -3.21. The summed E-state index contributed by atoms with van der Waals surface area (Å²) in [5.74, 6) is -0.259. The Morgan fingerprint density at radius 2 is 1.80 bits per heavy atom. The first-order valence-electron chi connectivity index (χ1n) is 6.95. The van der Waals surface area contributed by atoms with Crippen LogP contribution in [0, 0.1) is 5.82 Å². The fourth-order valence-corrected chi connectivity index (χ4v) is 3.96. The summed E-state index contributed by atoms with van der Waals surface area (Å²) in [6.45, 7) is 5.49. The Bertz CT molecular complexity index is 554. The van der Waals surface area contributed by atoms with Gasteiger partial charge in [-0.1, -0.05) is 19.1 Å². The predicted molar refractivity (Wildman–Crippen MR) is 78.9 cm³/mol. The third-order valence-electron chi connectivity index (χ3n) is 3.88. The highest BCUT2D eigenvalue weighted by Gasteiger charge is 2.31. The summed E-state index contributed by atoms with van der Waals surface area (Å²) >= 11 is 0. The lowest BCUT2D eigenvalue weighted by atomic mass is 10.2. The normalized spacial score (nSPS) is 19.1. The highest BCUT2D eigenvalue weighted by Crippen LogP contribution is 2.22. The second kappa shape index (κ2) is 6.10. The SMILES string of the molecule is CC[C@H](C)S(=O)(=O)N1CCN(c2ccccc2F)CC1. The van der Waals surface area contributed by atoms with Gasteiger partial charge in [-0.2, -0.15) is 4.31 Å². The van der Waals surface area contributed by atoms with Gasteiger partial charge in [0.1, 0.15) is 5.82 Å². The molecule has 6 heteroatoms. The first-order chi connectivity index (χ1) is 9.46. The number of hydrogen-bond acceptors (Lipinski definition) is 3. The van der Waals surface area contributed by atoms with E-state index in [9.17, 15) is 12.8 Å². The van der Waals surface area contributed by atoms with Crippen LogP contribution in [0.4, 0.5) is 10.1 Å². The topological polar surface area (TPSA) is 40.6 Å². The van der Waals surface area contributed by atoms with Crippen LogP contribution in [0.1, 0.15) is 20.3 Å². The van der Waals surface area contributed by atoms with Gasteiger partial charge in [0.05, 0.1) is 10.9 Å². The first kappa shape index (κ1) is 15.3. The molecule has 1 saturated heterocycles. The fourth-order valence-electron chi connectivity index (χ4n) is 2.36. The molecule has 1 fully saturated rings. The summed E-state index contributed by atoms with van der Waals surface area (Å²) in [5, 5.41) is -0.359. The molecule has 0 aromatic heterocycles. The molecule has 0 spiro atoms. The Labute approximate surface area is 120 Å². The number of para-hydroxylation sites is 1. The number of rotatable bonds is 4. The van der Waals surface area contributed by atoms with Gasteiger partial charge in [0.2, 0.25) is 10.0 Å². The zero-order valence-electron chi connectivity index (χ0n) is 11.9. The van der Waals surface area contributed by atoms with Crippen molar-refractivity contribution >= 4 is 15.7 Å². The summed E-state index contributed by atoms with van der Waals surface area (Å²) < 4.78 is 39.8. The lowest BCUT2D eigenvalue weighted by molar-refractivity contribution is 0.377. The minimum absolute atomic E-state index is 0.259. The molecule has 1 atom stereocenters. The van der Waals surface area contributed by atoms with Crippen molar-refractivity contribution in [3.63, 3.8) is 0 Å². The van der Waals surface area contributed by atoms with Gasteiger partial charge in [-0.05, 0) is 25.5 Å². The Balaban J connectivity index is 2.05. The molecule has 1 aliphatic heterocycles. The highest BCUT2D eigenvalue weighted by molar-refractivity contribution is 7.89. The van der Waals surface area contributed by atoms with Gasteiger partial charge in [0.25, 0.3) is 0 Å². The Morgan fingerprint density at radius 1 is 1.20 bits per heavy atom. The van der Waals surface area contributed by atoms with Crippen molar-refractivity contribution in [2.45, 2.75) is 25.5 Å². The van der Waals surface area contributed by atoms with E-state index in [4.69, 9.17) is 0 Å². The predicted octanol–water partition coefficient (Wildman–Crippen LogP) is 2.08. The minimum Gasteiger partial charge on any atom is -0.367 e. The molecule has 1 aromatic carbocycles. The van der Waals surface area contributed by atoms with Crippen molar-refractivity contribution in [3.8, 4) is 0 Å². The molecule has 4 nitrogen and oxygen atoms in total. The fraction of sp³-hybridized carbons (Fsp3) is 0.571. The molecule has 0 radical (unpaired) electrons. The zero-order valence-corrected chi connectivity index (χ0v) is 12.7. The molecule has 1 heterocycles. The standard InChI is InChI=1S/C14H21FN2O2S/c1-3-12(2)20(18,19)17-10-8-16(9-11-17)14-7-5-4-6-13(14)15/h4-7,12H,3,8-11H2,1-2H3/t12-/m0/s1. The number of halogens is 1. The van der Waals surface area contributed by atoms with Gasteiger partial charge in [-0.15, -0.1) is 0 Å². The van der Waals surface area contributed by atoms with Crippen molar-refractivity contribution < 1.29 is 12.8 Å². The molecule has 1 aliphatic rings. The van der Waals surface area contributed by atoms with Gasteiger partial charge in [-0.25, -0.2) is 12.8 Å². The van der Waals surface area contributed by atoms with Crippen LogP contribution in [0.5, 0.6) is 0 Å². The van der Waals surface area contributed by atoms with Crippen LogP contribution in [-0.4, -0.2) is 44.2 Å². The Morgan fingerprint density at radius 3 is 2.35 bits per heavy atom. The smallest absolute Gasteiger partial charge is 0.216 e. The van der Waals surface area contributed by atoms with Crippen molar-refractivity contribution in [3.05, 3.63) is 30.1 Å². The molecule has 0 unspecified atom stereocenters. The van der Waals surface area contributed by atoms with E-state index in [1.807, 2.05) is 11.8 Å². The molecule has 112 valence electrons. The maximum Gasteiger partial charge on any atom is 0.216 e. The number of benzene rings is 1. The molecular formula is C14H21FN2O2S. The van der Waals surface area contributed by atoms with E-state index in [0.717, 1.165) is 0 Å². The van der Waals surface area contributed by atoms with Crippen molar-refractivity contribution in [2.24, 2.45) is 0 Å². The molecule has 0 saturated carbocycles. The second-order valence-corrected chi connectivity index (χ2v) is 7.45. The van der Waals surface area contributed by atoms with Crippen molar-refractivity contribution in [1.29, 1.82) is 0 Å². The maximum absolute atomic E-state index is 13.7. The molecule has 2 rings (SSSR count). The molecule has 0 amide bonds. The average Bonchev–Trinajstić information content (AvgIpc) is 2.47. The number of anilines is 1. The average molecular weight is 300 g/mol. The lowest BCUT2D eigenvalue weighted by Gasteiger charge is -2.36. The van der Waals surface area contributed by atoms with Gasteiger partial charge in [0, 0.05) is 26.2 Å². The quantitative estimate of drug-likeness (QED) is 0.855. The van der Waals surface area contributed by atoms with Gasteiger partial charge < -0.3 is 4.90 Å². The van der Waals surface area contributed by atoms with E-state index in [1.165, 1.54) is 10.4 Å². The molecular weight excluding hydrogens is 279 g/mol. The zero-order chi connectivity index (χ0) is 14.8. The third-order valence-corrected chi connectivity index (χ3v) is 6.31. The van der Waals surface area contributed by atoms with Gasteiger partial charge >= 0.3 is 0 Å². The third kappa shape index (κ3) is 2.96. The second-order valence-electron chi connectivity index (χ2n) is 5.10. The number of piperazine rings is 1. The molecule has 0 aliphatic carbocycles. The number of hydrogen-bond donors (Lipinski definition) is 0. The molecule has 20 heavy (non-hydrogen) atoms. The van der Waals surface area contributed by atoms with Crippen molar-refractivity contribution in [1.82, 2.24) is 4.31 Å². The van der Waals surface area contributed by atoms with E-state index in [2.05, 4.69) is 0 Å². The monoisotopic (exact) mass is 300 g/mol. The summed E-state index contributed by atoms with van der Waals surface area (Å²) in [6.07, 6.45) is 0.607. The Kier molecular flexibility index (Phi) is 4.65. The van der Waals surface area contributed by atoms with Crippen LogP contribution in [0.25, 0.3) is 0 Å². The summed E-state index contributed by atoms with van der Waals surface area (Å²) in [6, 6.07) is 6.61.